The van der Waals surface area contributed by atoms with Crippen LogP contribution in [0.1, 0.15) is 0 Å². The highest BCUT2D eigenvalue weighted by molar-refractivity contribution is 9.10. The van der Waals surface area contributed by atoms with Gasteiger partial charge in [-0.25, -0.2) is 13.9 Å². The molecule has 88 valence electrons. The maximum Gasteiger partial charge on any atom is 0.410 e. The van der Waals surface area contributed by atoms with Crippen LogP contribution in [0.4, 0.5) is 15.0 Å². The maximum absolute atomic E-state index is 13.3. The molecule has 0 unspecified atom stereocenters. The molecule has 7 heteroatoms. The second-order valence-electron chi connectivity index (χ2n) is 3.16. The third kappa shape index (κ3) is 2.44. The molecule has 1 aromatic carbocycles. The molecule has 0 fully saturated rings. The summed E-state index contributed by atoms with van der Waals surface area (Å²) in [6.45, 7) is 0. The summed E-state index contributed by atoms with van der Waals surface area (Å²) < 4.78 is 15.4. The number of carbonyl (C=O) groups is 1. The first-order valence-electron chi connectivity index (χ1n) is 4.57. The molecule has 2 rings (SSSR count). The van der Waals surface area contributed by atoms with Crippen molar-refractivity contribution < 1.29 is 14.3 Å². The monoisotopic (exact) mass is 299 g/mol. The molecular formula is C10H7BrFN3O2. The maximum atomic E-state index is 13.3. The van der Waals surface area contributed by atoms with Gasteiger partial charge in [-0.3, -0.25) is 5.32 Å². The smallest absolute Gasteiger partial charge is 0.410 e. The van der Waals surface area contributed by atoms with Crippen LogP contribution in [0, 0.1) is 5.82 Å². The zero-order valence-corrected chi connectivity index (χ0v) is 9.98. The zero-order chi connectivity index (χ0) is 12.4. The Morgan fingerprint density at radius 2 is 2.06 bits per heavy atom. The second kappa shape index (κ2) is 4.54. The van der Waals surface area contributed by atoms with E-state index in [1.807, 2.05) is 5.32 Å². The van der Waals surface area contributed by atoms with E-state index in [0.29, 0.717) is 5.69 Å². The number of amides is 1. The highest BCUT2D eigenvalue weighted by atomic mass is 79.9. The molecule has 1 amide bonds. The van der Waals surface area contributed by atoms with Gasteiger partial charge in [-0.2, -0.15) is 5.10 Å². The standard InChI is InChI=1S/C10H7BrFN3O2/c11-6-1-3-7(4-2-6)15-9(14-10(16)17)8(12)5-13-15/h1-5,14H,(H,16,17). The molecule has 0 aliphatic rings. The number of carboxylic acid groups (broad SMARTS) is 1. The number of anilines is 1. The lowest BCUT2D eigenvalue weighted by molar-refractivity contribution is 0.209. The summed E-state index contributed by atoms with van der Waals surface area (Å²) in [4.78, 5) is 10.5. The Balaban J connectivity index is 2.45. The largest absolute Gasteiger partial charge is 0.465 e. The first kappa shape index (κ1) is 11.6. The molecule has 0 saturated carbocycles. The van der Waals surface area contributed by atoms with Gasteiger partial charge in [0.1, 0.15) is 0 Å². The van der Waals surface area contributed by atoms with Gasteiger partial charge in [-0.15, -0.1) is 0 Å². The van der Waals surface area contributed by atoms with Crippen molar-refractivity contribution in [2.75, 3.05) is 5.32 Å². The van der Waals surface area contributed by atoms with E-state index in [4.69, 9.17) is 5.11 Å². The summed E-state index contributed by atoms with van der Waals surface area (Å²) in [5.74, 6) is -0.935. The van der Waals surface area contributed by atoms with Gasteiger partial charge < -0.3 is 5.11 Å². The van der Waals surface area contributed by atoms with Crippen LogP contribution in [-0.2, 0) is 0 Å². The Bertz CT molecular complexity index is 553. The first-order chi connectivity index (χ1) is 8.08. The summed E-state index contributed by atoms with van der Waals surface area (Å²) in [6, 6.07) is 6.87. The molecule has 0 aliphatic carbocycles. The molecule has 2 N–H and O–H groups in total. The van der Waals surface area contributed by atoms with Gasteiger partial charge in [0.15, 0.2) is 11.6 Å². The average molecular weight is 300 g/mol. The molecule has 1 aromatic heterocycles. The minimum absolute atomic E-state index is 0.208. The summed E-state index contributed by atoms with van der Waals surface area (Å²) in [6.07, 6.45) is -0.393. The van der Waals surface area contributed by atoms with Gasteiger partial charge in [0, 0.05) is 4.47 Å². The summed E-state index contributed by atoms with van der Waals surface area (Å²) in [5.41, 5.74) is 0.556. The number of benzene rings is 1. The number of nitrogens with one attached hydrogen (secondary N) is 1. The van der Waals surface area contributed by atoms with E-state index in [9.17, 15) is 9.18 Å². The van der Waals surface area contributed by atoms with Crippen molar-refractivity contribution in [2.24, 2.45) is 0 Å². The van der Waals surface area contributed by atoms with Crippen molar-refractivity contribution in [3.8, 4) is 5.69 Å². The fourth-order valence-corrected chi connectivity index (χ4v) is 1.58. The Morgan fingerprint density at radius 1 is 1.41 bits per heavy atom. The van der Waals surface area contributed by atoms with Crippen molar-refractivity contribution in [3.63, 3.8) is 0 Å². The molecule has 17 heavy (non-hydrogen) atoms. The lowest BCUT2D eigenvalue weighted by Gasteiger charge is -2.06. The van der Waals surface area contributed by atoms with Crippen molar-refractivity contribution >= 4 is 27.8 Å². The minimum Gasteiger partial charge on any atom is -0.465 e. The van der Waals surface area contributed by atoms with E-state index in [1.165, 1.54) is 4.68 Å². The molecule has 0 radical (unpaired) electrons. The zero-order valence-electron chi connectivity index (χ0n) is 8.39. The predicted octanol–water partition coefficient (Wildman–Crippen LogP) is 2.86. The van der Waals surface area contributed by atoms with Crippen molar-refractivity contribution in [2.45, 2.75) is 0 Å². The Labute approximate surface area is 104 Å². The normalized spacial score (nSPS) is 10.2. The van der Waals surface area contributed by atoms with Gasteiger partial charge in [0.2, 0.25) is 0 Å². The highest BCUT2D eigenvalue weighted by Crippen LogP contribution is 2.20. The summed E-state index contributed by atoms with van der Waals surface area (Å²) in [7, 11) is 0. The van der Waals surface area contributed by atoms with Crippen LogP contribution in [0.5, 0.6) is 0 Å². The fraction of sp³-hybridized carbons (Fsp3) is 0. The molecule has 0 aliphatic heterocycles. The molecule has 1 heterocycles. The van der Waals surface area contributed by atoms with Crippen LogP contribution in [0.3, 0.4) is 0 Å². The van der Waals surface area contributed by atoms with E-state index < -0.39 is 11.9 Å². The highest BCUT2D eigenvalue weighted by Gasteiger charge is 2.14. The van der Waals surface area contributed by atoms with Crippen molar-refractivity contribution in [1.29, 1.82) is 0 Å². The molecule has 0 bridgehead atoms. The predicted molar refractivity (Wildman–Crippen MR) is 62.9 cm³/mol. The van der Waals surface area contributed by atoms with E-state index in [0.717, 1.165) is 10.7 Å². The Hall–Kier alpha value is -1.89. The third-order valence-electron chi connectivity index (χ3n) is 2.02. The van der Waals surface area contributed by atoms with E-state index >= 15 is 0 Å². The van der Waals surface area contributed by atoms with Crippen molar-refractivity contribution in [3.05, 3.63) is 40.8 Å². The Morgan fingerprint density at radius 3 is 2.65 bits per heavy atom. The van der Waals surface area contributed by atoms with Crippen LogP contribution >= 0.6 is 15.9 Å². The third-order valence-corrected chi connectivity index (χ3v) is 2.55. The van der Waals surface area contributed by atoms with Gasteiger partial charge in [-0.1, -0.05) is 15.9 Å². The van der Waals surface area contributed by atoms with Crippen molar-refractivity contribution in [1.82, 2.24) is 9.78 Å². The van der Waals surface area contributed by atoms with Gasteiger partial charge in [0.05, 0.1) is 11.9 Å². The molecule has 5 nitrogen and oxygen atoms in total. The van der Waals surface area contributed by atoms with E-state index in [1.54, 1.807) is 24.3 Å². The average Bonchev–Trinajstić information content (AvgIpc) is 2.61. The topological polar surface area (TPSA) is 67.2 Å². The molecule has 0 spiro atoms. The summed E-state index contributed by atoms with van der Waals surface area (Å²) in [5, 5.41) is 14.3. The van der Waals surface area contributed by atoms with Crippen LogP contribution in [0.25, 0.3) is 5.69 Å². The molecule has 2 aromatic rings. The SMILES string of the molecule is O=C(O)Nc1c(F)cnn1-c1ccc(Br)cc1. The van der Waals surface area contributed by atoms with Crippen LogP contribution < -0.4 is 5.32 Å². The fourth-order valence-electron chi connectivity index (χ4n) is 1.32. The molecule has 0 atom stereocenters. The quantitative estimate of drug-likeness (QED) is 0.896. The van der Waals surface area contributed by atoms with Gasteiger partial charge >= 0.3 is 6.09 Å². The van der Waals surface area contributed by atoms with Crippen LogP contribution in [0.15, 0.2) is 34.9 Å². The number of halogens is 2. The van der Waals surface area contributed by atoms with Gasteiger partial charge in [-0.05, 0) is 24.3 Å². The van der Waals surface area contributed by atoms with E-state index in [-0.39, 0.29) is 5.82 Å². The number of nitrogens with zero attached hydrogens (tertiary/aromatic N) is 2. The van der Waals surface area contributed by atoms with Crippen LogP contribution in [-0.4, -0.2) is 21.0 Å². The van der Waals surface area contributed by atoms with E-state index in [2.05, 4.69) is 21.0 Å². The summed E-state index contributed by atoms with van der Waals surface area (Å²) >= 11 is 3.27. The lowest BCUT2D eigenvalue weighted by atomic mass is 10.3. The minimum atomic E-state index is -1.34. The van der Waals surface area contributed by atoms with Gasteiger partial charge in [0.25, 0.3) is 0 Å². The number of hydrogen-bond donors (Lipinski definition) is 2. The molecular weight excluding hydrogens is 293 g/mol. The molecule has 0 saturated heterocycles. The lowest BCUT2D eigenvalue weighted by Crippen LogP contribution is -2.13. The Kier molecular flexibility index (Phi) is 3.10. The number of aromatic nitrogens is 2. The number of hydrogen-bond acceptors (Lipinski definition) is 2. The number of rotatable bonds is 2. The second-order valence-corrected chi connectivity index (χ2v) is 4.08. The van der Waals surface area contributed by atoms with Crippen LogP contribution in [0.2, 0.25) is 0 Å². The first-order valence-corrected chi connectivity index (χ1v) is 5.36.